The van der Waals surface area contributed by atoms with Crippen molar-refractivity contribution in [3.05, 3.63) is 153 Å². The van der Waals surface area contributed by atoms with E-state index in [1.807, 2.05) is 83.5 Å². The Labute approximate surface area is 472 Å². The number of nitrogens with one attached hydrogen (secondary N) is 2. The number of fused-ring (bicyclic) bond motifs is 8. The molecule has 0 spiro atoms. The van der Waals surface area contributed by atoms with Crippen LogP contribution in [0.15, 0.2) is 103 Å². The molecule has 0 aromatic heterocycles. The zero-order valence-electron chi connectivity index (χ0n) is 46.6. The molecule has 5 aromatic rings. The number of anilines is 3. The van der Waals surface area contributed by atoms with Gasteiger partial charge >= 0.3 is 0 Å². The molecule has 6 amide bonds. The molecule has 5 heterocycles. The van der Waals surface area contributed by atoms with Gasteiger partial charge in [0.25, 0.3) is 23.6 Å². The summed E-state index contributed by atoms with van der Waals surface area (Å²) in [6.45, 7) is 7.70. The highest BCUT2D eigenvalue weighted by Crippen LogP contribution is 2.43. The van der Waals surface area contributed by atoms with E-state index in [1.165, 1.54) is 17.7 Å². The number of rotatable bonds is 22. The highest BCUT2D eigenvalue weighted by atomic mass is 16.5. The smallest absolute Gasteiger partial charge is 0.258 e. The molecule has 0 fully saturated rings. The minimum absolute atomic E-state index is 0.00688. The van der Waals surface area contributed by atoms with Gasteiger partial charge in [0, 0.05) is 90.6 Å². The first-order valence-corrected chi connectivity index (χ1v) is 28.3. The van der Waals surface area contributed by atoms with Crippen molar-refractivity contribution >= 4 is 64.1 Å². The molecule has 2 N–H and O–H groups in total. The van der Waals surface area contributed by atoms with Crippen LogP contribution in [0.5, 0.6) is 17.2 Å². The summed E-state index contributed by atoms with van der Waals surface area (Å²) in [4.78, 5) is 110. The number of imide groups is 1. The first-order valence-electron chi connectivity index (χ1n) is 28.3. The number of para-hydroxylation sites is 2. The Hall–Kier alpha value is -8.40. The minimum Gasteiger partial charge on any atom is -0.493 e. The summed E-state index contributed by atoms with van der Waals surface area (Å²) in [6.07, 6.45) is 7.96. The summed E-state index contributed by atoms with van der Waals surface area (Å²) < 4.78 is 19.0. The fourth-order valence-corrected chi connectivity index (χ4v) is 12.1. The van der Waals surface area contributed by atoms with Crippen molar-refractivity contribution in [3.8, 4) is 17.2 Å². The summed E-state index contributed by atoms with van der Waals surface area (Å²) >= 11 is 0. The lowest BCUT2D eigenvalue weighted by atomic mass is 9.91. The zero-order valence-corrected chi connectivity index (χ0v) is 46.6. The van der Waals surface area contributed by atoms with E-state index in [2.05, 4.69) is 29.7 Å². The molecule has 5 aliphatic heterocycles. The topological polar surface area (TPSA) is 198 Å². The van der Waals surface area contributed by atoms with Gasteiger partial charge in [-0.25, -0.2) is 0 Å². The number of carbonyl (C=O) groups excluding carboxylic acids is 8. The molecule has 16 heteroatoms. The second kappa shape index (κ2) is 24.1. The molecule has 420 valence electrons. The Kier molecular flexibility index (Phi) is 16.7. The number of benzene rings is 5. The molecule has 81 heavy (non-hydrogen) atoms. The zero-order chi connectivity index (χ0) is 57.1. The van der Waals surface area contributed by atoms with Crippen molar-refractivity contribution < 1.29 is 52.6 Å². The van der Waals surface area contributed by atoms with Gasteiger partial charge in [-0.1, -0.05) is 50.2 Å². The highest BCUT2D eigenvalue weighted by Gasteiger charge is 2.42. The summed E-state index contributed by atoms with van der Waals surface area (Å²) in [5.41, 5.74) is 9.99. The molecule has 16 nitrogen and oxygen atoms in total. The third-order valence-corrected chi connectivity index (χ3v) is 16.5. The average Bonchev–Trinajstić information content (AvgIpc) is 3.78. The van der Waals surface area contributed by atoms with Gasteiger partial charge in [-0.05, 0) is 165 Å². The quantitative estimate of drug-likeness (QED) is 0.0495. The third-order valence-electron chi connectivity index (χ3n) is 16.5. The lowest BCUT2D eigenvalue weighted by molar-refractivity contribution is -0.137. The highest BCUT2D eigenvalue weighted by molar-refractivity contribution is 6.13. The van der Waals surface area contributed by atoms with Crippen LogP contribution >= 0.6 is 0 Å². The van der Waals surface area contributed by atoms with Crippen molar-refractivity contribution in [2.24, 2.45) is 11.8 Å². The maximum atomic E-state index is 14.3. The van der Waals surface area contributed by atoms with Gasteiger partial charge in [-0.2, -0.15) is 0 Å². The third kappa shape index (κ3) is 12.2. The maximum Gasteiger partial charge on any atom is 0.258 e. The molecular formula is C65H69N5O11. The predicted octanol–water partition coefficient (Wildman–Crippen LogP) is 9.32. The van der Waals surface area contributed by atoms with Gasteiger partial charge < -0.3 is 34.6 Å². The Balaban J connectivity index is 0.801. The largest absolute Gasteiger partial charge is 0.493 e. The standard InChI is InChI=1S/C65H69N5O11/c1-38-25-47-34-59(58(79-5)35-52(47)65(78)70-54-18-10-7-14-46(54)32-55(38)70)81-37-43-28-42(36-80-57-33-44-20-21-49-31-45-13-6-9-17-53(45)69(49)64(77)51(44)26-39(57)2)29-48(30-43)67-63(76)40(3)27-56(72)41(4)66-60(73)19-11-8-15-50(71)16-12-24-68-61(74)22-23-62(68)75/h6-7,9-10,13-14,17-18,22-23,26,28-30,33-35,38,40-41,49,55H,8,11-12,15-16,19-21,24-25,27,31-32,36-37H2,1-5H3,(H,66,73)(H,67,76)/t38?,40-,41+,49-,55+/m1/s1. The number of nitrogens with zero attached hydrogens (tertiary/aromatic N) is 3. The molecule has 1 unspecified atom stereocenters. The van der Waals surface area contributed by atoms with Crippen LogP contribution in [0.3, 0.4) is 0 Å². The average molecular weight is 1100 g/mol. The second-order valence-electron chi connectivity index (χ2n) is 22.4. The van der Waals surface area contributed by atoms with Gasteiger partial charge in [0.1, 0.15) is 24.7 Å². The fourth-order valence-electron chi connectivity index (χ4n) is 12.1. The molecular weight excluding hydrogens is 1030 g/mol. The van der Waals surface area contributed by atoms with E-state index < -0.39 is 17.9 Å². The van der Waals surface area contributed by atoms with Crippen molar-refractivity contribution in [1.82, 2.24) is 10.2 Å². The molecule has 10 rings (SSSR count). The number of unbranched alkanes of at least 4 members (excludes halogenated alkanes) is 1. The Morgan fingerprint density at radius 3 is 2.00 bits per heavy atom. The van der Waals surface area contributed by atoms with Crippen molar-refractivity contribution in [2.75, 3.05) is 28.8 Å². The second-order valence-corrected chi connectivity index (χ2v) is 22.4. The van der Waals surface area contributed by atoms with Gasteiger partial charge in [-0.3, -0.25) is 43.3 Å². The van der Waals surface area contributed by atoms with E-state index in [4.69, 9.17) is 14.2 Å². The number of amides is 6. The Bertz CT molecular complexity index is 3370. The van der Waals surface area contributed by atoms with E-state index in [-0.39, 0.29) is 105 Å². The van der Waals surface area contributed by atoms with Crippen LogP contribution in [0.4, 0.5) is 17.1 Å². The van der Waals surface area contributed by atoms with Crippen molar-refractivity contribution in [2.45, 2.75) is 136 Å². The number of carbonyl (C=O) groups is 8. The molecule has 5 aromatic carbocycles. The van der Waals surface area contributed by atoms with Crippen LogP contribution in [-0.4, -0.2) is 83.7 Å². The Morgan fingerprint density at radius 2 is 1.28 bits per heavy atom. The number of Topliss-reactive ketones (excluding diaryl/α,β-unsaturated/α-hetero) is 2. The fraction of sp³-hybridized carbons (Fsp3) is 0.385. The molecule has 5 aliphatic rings. The van der Waals surface area contributed by atoms with Crippen LogP contribution in [0.25, 0.3) is 0 Å². The first-order chi connectivity index (χ1) is 39.0. The monoisotopic (exact) mass is 1100 g/mol. The Morgan fingerprint density at radius 1 is 0.667 bits per heavy atom. The van der Waals surface area contributed by atoms with E-state index in [1.54, 1.807) is 33.1 Å². The van der Waals surface area contributed by atoms with Gasteiger partial charge in [0.15, 0.2) is 17.3 Å². The van der Waals surface area contributed by atoms with E-state index in [9.17, 15) is 38.4 Å². The van der Waals surface area contributed by atoms with Crippen molar-refractivity contribution in [3.63, 3.8) is 0 Å². The molecule has 0 saturated carbocycles. The number of ketones is 2. The summed E-state index contributed by atoms with van der Waals surface area (Å²) in [6, 6.07) is 28.6. The molecule has 0 aliphatic carbocycles. The number of ether oxygens (including phenoxy) is 3. The van der Waals surface area contributed by atoms with Crippen LogP contribution in [0.2, 0.25) is 0 Å². The van der Waals surface area contributed by atoms with E-state index in [0.717, 1.165) is 63.4 Å². The normalized spacial score (nSPS) is 18.4. The number of aryl methyl sites for hydroxylation is 2. The van der Waals surface area contributed by atoms with Crippen molar-refractivity contribution in [1.29, 1.82) is 0 Å². The summed E-state index contributed by atoms with van der Waals surface area (Å²) in [7, 11) is 1.55. The number of hydrogen-bond donors (Lipinski definition) is 2. The maximum absolute atomic E-state index is 14.3. The van der Waals surface area contributed by atoms with Crippen LogP contribution < -0.4 is 34.6 Å². The molecule has 0 radical (unpaired) electrons. The van der Waals surface area contributed by atoms with E-state index in [0.29, 0.717) is 71.7 Å². The van der Waals surface area contributed by atoms with Gasteiger partial charge in [0.2, 0.25) is 11.8 Å². The summed E-state index contributed by atoms with van der Waals surface area (Å²) in [5.74, 6) is -1.02. The number of methoxy groups -OCH3 is 1. The lowest BCUT2D eigenvalue weighted by Crippen LogP contribution is -2.40. The minimum atomic E-state index is -0.854. The predicted molar refractivity (Wildman–Crippen MR) is 306 cm³/mol. The first kappa shape index (κ1) is 55.9. The van der Waals surface area contributed by atoms with Crippen LogP contribution in [0, 0.1) is 18.8 Å². The van der Waals surface area contributed by atoms with Gasteiger partial charge in [0.05, 0.1) is 13.2 Å². The van der Waals surface area contributed by atoms with Crippen LogP contribution in [-0.2, 0) is 67.7 Å². The SMILES string of the molecule is COc1cc2c(cc1OCc1cc(COc3cc4c(cc3C)C(=O)N3c5ccccc5C[C@H]3CC4)cc(NC(=O)[C@H](C)CC(=O)[C@H](C)NC(=O)CCCCC(=O)CCCN3C(=O)C=CC3=O)c1)CC(C)[C@@H]1Cc3ccccc3N1C2=O. The van der Waals surface area contributed by atoms with E-state index >= 15 is 0 Å². The van der Waals surface area contributed by atoms with Crippen LogP contribution in [0.1, 0.15) is 132 Å². The molecule has 0 saturated heterocycles. The van der Waals surface area contributed by atoms with Gasteiger partial charge in [-0.15, -0.1) is 0 Å². The number of hydrogen-bond acceptors (Lipinski definition) is 11. The summed E-state index contributed by atoms with van der Waals surface area (Å²) in [5, 5.41) is 5.75. The lowest BCUT2D eigenvalue weighted by Gasteiger charge is -2.27. The molecule has 0 bridgehead atoms. The molecule has 5 atom stereocenters.